The number of aryl methyl sites for hydroxylation is 2. The predicted molar refractivity (Wildman–Crippen MR) is 251 cm³/mol. The number of halogens is 6. The fourth-order valence-corrected chi connectivity index (χ4v) is 11.1. The van der Waals surface area contributed by atoms with Gasteiger partial charge in [-0.1, -0.05) is 39.8 Å². The van der Waals surface area contributed by atoms with Gasteiger partial charge in [-0.25, -0.2) is 29.9 Å². The van der Waals surface area contributed by atoms with Crippen LogP contribution >= 0.6 is 22.7 Å². The molecule has 0 amide bonds. The summed E-state index contributed by atoms with van der Waals surface area (Å²) < 4.78 is 125. The Bertz CT molecular complexity index is 2930. The number of carboxylic acids is 2. The quantitative estimate of drug-likeness (QED) is 0.0704. The van der Waals surface area contributed by atoms with Crippen LogP contribution in [0, 0.1) is 36.4 Å². The van der Waals surface area contributed by atoms with Crippen molar-refractivity contribution in [1.82, 2.24) is 29.9 Å². The molecule has 2 aliphatic carbocycles. The van der Waals surface area contributed by atoms with Crippen molar-refractivity contribution in [3.63, 3.8) is 0 Å². The summed E-state index contributed by atoms with van der Waals surface area (Å²) in [6, 6.07) is 9.94. The molecule has 8 rings (SSSR count). The molecule has 2 fully saturated rings. The van der Waals surface area contributed by atoms with Crippen molar-refractivity contribution in [1.29, 1.82) is 0 Å². The van der Waals surface area contributed by atoms with Gasteiger partial charge in [-0.3, -0.25) is 9.59 Å². The van der Waals surface area contributed by atoms with Crippen LogP contribution in [0.2, 0.25) is 0 Å². The lowest BCUT2D eigenvalue weighted by Gasteiger charge is -2.44. The molecule has 0 radical (unpaired) electrons. The molecule has 0 aliphatic heterocycles. The van der Waals surface area contributed by atoms with Crippen LogP contribution in [-0.2, 0) is 33.1 Å². The van der Waals surface area contributed by atoms with Crippen LogP contribution in [0.3, 0.4) is 0 Å². The topological polar surface area (TPSA) is 216 Å². The van der Waals surface area contributed by atoms with Crippen molar-refractivity contribution in [3.05, 3.63) is 106 Å². The predicted octanol–water partition coefficient (Wildman–Crippen LogP) is 11.5. The molecule has 22 heteroatoms. The minimum Gasteiger partial charge on any atom is -0.481 e. The third-order valence-electron chi connectivity index (χ3n) is 12.3. The Morgan fingerprint density at radius 1 is 0.643 bits per heavy atom. The Morgan fingerprint density at radius 3 is 1.36 bits per heavy atom. The van der Waals surface area contributed by atoms with Crippen molar-refractivity contribution in [2.24, 2.45) is 22.7 Å². The Kier molecular flexibility index (Phi) is 12.1. The summed E-state index contributed by atoms with van der Waals surface area (Å²) in [7, 11) is 0. The van der Waals surface area contributed by atoms with E-state index in [1.54, 1.807) is 27.7 Å². The van der Waals surface area contributed by atoms with Crippen molar-refractivity contribution in [2.45, 2.75) is 103 Å². The van der Waals surface area contributed by atoms with Crippen LogP contribution in [0.5, 0.6) is 0 Å². The largest absolute Gasteiger partial charge is 0.481 e. The molecule has 4 atom stereocenters. The first kappa shape index (κ1) is 43.9. The van der Waals surface area contributed by atoms with E-state index in [9.17, 15) is 56.4 Å². The zero-order valence-corrected chi connectivity index (χ0v) is 39.3. The second-order valence-electron chi connectivity index (χ2n) is 18.7. The monoisotopic (exact) mass is 1020 g/mol. The zero-order chi connectivity index (χ0) is 56.2. The second-order valence-corrected chi connectivity index (χ2v) is 20.7. The number of aliphatic carboxylic acids is 2. The van der Waals surface area contributed by atoms with Crippen LogP contribution in [0.15, 0.2) is 73.3 Å². The number of thiazole rings is 2. The van der Waals surface area contributed by atoms with Crippen LogP contribution in [0.25, 0.3) is 20.9 Å². The minimum absolute atomic E-state index is 0.0683. The molecule has 0 spiro atoms. The van der Waals surface area contributed by atoms with Gasteiger partial charge in [-0.05, 0) is 122 Å². The van der Waals surface area contributed by atoms with Crippen molar-refractivity contribution >= 4 is 57.9 Å². The maximum Gasteiger partial charge on any atom is 0.433 e. The Morgan fingerprint density at radius 2 is 1.03 bits per heavy atom. The molecule has 372 valence electrons. The molecule has 2 aromatic carbocycles. The number of rotatable bonds is 10. The lowest BCUT2D eigenvalue weighted by atomic mass is 9.63. The first-order valence-corrected chi connectivity index (χ1v) is 23.1. The third kappa shape index (κ3) is 11.7. The highest BCUT2D eigenvalue weighted by atomic mass is 32.1. The molecule has 0 saturated heterocycles. The summed E-state index contributed by atoms with van der Waals surface area (Å²) in [5.41, 5.74) is -5.37. The zero-order valence-electron chi connectivity index (χ0n) is 43.7. The molecule has 6 aromatic rings. The summed E-state index contributed by atoms with van der Waals surface area (Å²) in [6.07, 6.45) is -3.18. The van der Waals surface area contributed by atoms with Crippen LogP contribution < -0.4 is 10.6 Å². The van der Waals surface area contributed by atoms with Gasteiger partial charge in [-0.2, -0.15) is 26.3 Å². The number of aliphatic hydroxyl groups is 2. The normalized spacial score (nSPS) is 23.7. The SMILES string of the molecule is [2H]C([2H])([2H])c1cc(Nc2nccc(C(F)(F)F)n2)cc(-c2cnc([C@@]3(O)CC[C@H](C(=O)O)C(C)(C)C3)s2)c1.[2H]C([2H])([2H])c1cc(Nc2nccc(C(F)(F)F)n2)cc(-c2cnc([C@]3(O)CC[C@@H](C(=O)O)C(C)(C)C3)s2)c1. The van der Waals surface area contributed by atoms with Gasteiger partial charge in [0.05, 0.1) is 21.6 Å². The standard InChI is InChI=1S/2C24H25F3N4O3S/c2*1-13-8-14(10-15(9-13)30-21-28-7-5-18(31-21)24(25,26)27)17-11-29-20(35-17)23(34)6-4-16(19(32)33)22(2,3)12-23/h2*5,7-11,16,34H,4,6,12H2,1-3H3,(H,32,33)(H,28,30,31)/t2*16-,23-/m10/s1/i2*1D3. The van der Waals surface area contributed by atoms with Crippen molar-refractivity contribution in [2.75, 3.05) is 10.6 Å². The van der Waals surface area contributed by atoms with Gasteiger partial charge in [0.25, 0.3) is 0 Å². The van der Waals surface area contributed by atoms with E-state index in [0.29, 0.717) is 30.9 Å². The summed E-state index contributed by atoms with van der Waals surface area (Å²) in [6.45, 7) is 2.12. The highest BCUT2D eigenvalue weighted by Gasteiger charge is 2.50. The highest BCUT2D eigenvalue weighted by Crippen LogP contribution is 2.52. The molecule has 0 bridgehead atoms. The molecule has 4 heterocycles. The number of carboxylic acid groups (broad SMARTS) is 2. The number of hydrogen-bond acceptors (Lipinski definition) is 14. The summed E-state index contributed by atoms with van der Waals surface area (Å²) in [5.74, 6) is -3.75. The summed E-state index contributed by atoms with van der Waals surface area (Å²) in [5, 5.41) is 47.9. The van der Waals surface area contributed by atoms with E-state index in [0.717, 1.165) is 47.2 Å². The van der Waals surface area contributed by atoms with Crippen molar-refractivity contribution < 1.29 is 64.6 Å². The average molecular weight is 1020 g/mol. The number of carbonyl (C=O) groups is 2. The highest BCUT2D eigenvalue weighted by molar-refractivity contribution is 7.15. The fourth-order valence-electron chi connectivity index (χ4n) is 9.10. The first-order valence-electron chi connectivity index (χ1n) is 24.5. The average Bonchev–Trinajstić information content (AvgIpc) is 4.00. The number of benzene rings is 2. The molecule has 4 aromatic heterocycles. The lowest BCUT2D eigenvalue weighted by Crippen LogP contribution is -2.44. The van der Waals surface area contributed by atoms with Crippen LogP contribution in [-0.4, -0.2) is 62.3 Å². The van der Waals surface area contributed by atoms with Crippen molar-refractivity contribution in [3.8, 4) is 20.9 Å². The molecule has 2 aliphatic rings. The first-order chi connectivity index (χ1) is 35.0. The van der Waals surface area contributed by atoms with E-state index in [2.05, 4.69) is 40.5 Å². The molecule has 14 nitrogen and oxygen atoms in total. The van der Waals surface area contributed by atoms with E-state index >= 15 is 0 Å². The van der Waals surface area contributed by atoms with Crippen LogP contribution in [0.4, 0.5) is 49.6 Å². The Labute approximate surface area is 414 Å². The Balaban J connectivity index is 0.000000221. The van der Waals surface area contributed by atoms with Gasteiger partial charge in [0.2, 0.25) is 11.9 Å². The number of hydrogen-bond donors (Lipinski definition) is 6. The number of alkyl halides is 6. The van der Waals surface area contributed by atoms with Gasteiger partial charge in [-0.15, -0.1) is 22.7 Å². The second kappa shape index (κ2) is 19.2. The molecule has 70 heavy (non-hydrogen) atoms. The summed E-state index contributed by atoms with van der Waals surface area (Å²) >= 11 is 2.28. The van der Waals surface area contributed by atoms with E-state index in [1.807, 2.05) is 0 Å². The van der Waals surface area contributed by atoms with E-state index in [1.165, 1.54) is 48.8 Å². The van der Waals surface area contributed by atoms with Gasteiger partial charge in [0.15, 0.2) is 0 Å². The van der Waals surface area contributed by atoms with Gasteiger partial charge in [0, 0.05) is 44.4 Å². The fraction of sp³-hybridized carbons (Fsp3) is 0.417. The van der Waals surface area contributed by atoms with E-state index < -0.39 is 83.3 Å². The lowest BCUT2D eigenvalue weighted by molar-refractivity contribution is -0.155. The smallest absolute Gasteiger partial charge is 0.433 e. The maximum absolute atomic E-state index is 13.1. The Hall–Kier alpha value is -6.10. The van der Waals surface area contributed by atoms with Gasteiger partial charge >= 0.3 is 24.3 Å². The van der Waals surface area contributed by atoms with E-state index in [-0.39, 0.29) is 72.9 Å². The summed E-state index contributed by atoms with van der Waals surface area (Å²) in [4.78, 5) is 47.6. The molecular formula is C48H50F6N8O6S2. The third-order valence-corrected chi connectivity index (χ3v) is 14.8. The van der Waals surface area contributed by atoms with E-state index in [4.69, 9.17) is 8.22 Å². The number of nitrogens with zero attached hydrogens (tertiary/aromatic N) is 6. The molecule has 2 saturated carbocycles. The molecular weight excluding hydrogens is 963 g/mol. The maximum atomic E-state index is 13.1. The number of aromatic nitrogens is 6. The van der Waals surface area contributed by atoms with Gasteiger partial charge < -0.3 is 31.1 Å². The van der Waals surface area contributed by atoms with Crippen LogP contribution in [0.1, 0.15) is 107 Å². The molecule has 0 unspecified atom stereocenters. The number of nitrogens with one attached hydrogen (secondary N) is 2. The van der Waals surface area contributed by atoms with Gasteiger partial charge in [0.1, 0.15) is 32.6 Å². The minimum atomic E-state index is -4.68. The number of anilines is 4. The molecule has 6 N–H and O–H groups in total.